The largest absolute Gasteiger partial charge is 0.378 e. The molecular formula is C20H23FN2O2. The van der Waals surface area contributed by atoms with Crippen molar-refractivity contribution in [3.63, 3.8) is 0 Å². The Hall–Kier alpha value is -2.27. The van der Waals surface area contributed by atoms with E-state index in [1.165, 1.54) is 12.1 Å². The Kier molecular flexibility index (Phi) is 5.76. The number of hydrogen-bond acceptors (Lipinski definition) is 3. The second-order valence-corrected chi connectivity index (χ2v) is 6.39. The summed E-state index contributed by atoms with van der Waals surface area (Å²) in [5.74, 6) is -0.311. The van der Waals surface area contributed by atoms with Crippen LogP contribution in [0.15, 0.2) is 48.7 Å². The van der Waals surface area contributed by atoms with Crippen LogP contribution in [0.1, 0.15) is 43.0 Å². The van der Waals surface area contributed by atoms with E-state index >= 15 is 0 Å². The maximum absolute atomic E-state index is 13.7. The Morgan fingerprint density at radius 2 is 2.24 bits per heavy atom. The normalized spacial score (nSPS) is 18.1. The van der Waals surface area contributed by atoms with E-state index in [-0.39, 0.29) is 17.8 Å². The summed E-state index contributed by atoms with van der Waals surface area (Å²) < 4.78 is 19.3. The second-order valence-electron chi connectivity index (χ2n) is 6.39. The SMILES string of the molecule is CN(C(=O)CC[C@H]1CCCO1)[C@@H](c1cccc(F)c1)c1ccccn1. The first-order valence-corrected chi connectivity index (χ1v) is 8.69. The highest BCUT2D eigenvalue weighted by Gasteiger charge is 2.26. The molecular weight excluding hydrogens is 319 g/mol. The predicted octanol–water partition coefficient (Wildman–Crippen LogP) is 3.73. The number of aromatic nitrogens is 1. The molecule has 0 aliphatic carbocycles. The van der Waals surface area contributed by atoms with Crippen LogP contribution >= 0.6 is 0 Å². The molecule has 1 fully saturated rings. The summed E-state index contributed by atoms with van der Waals surface area (Å²) in [4.78, 5) is 18.8. The van der Waals surface area contributed by atoms with E-state index in [9.17, 15) is 9.18 Å². The van der Waals surface area contributed by atoms with Crippen molar-refractivity contribution >= 4 is 5.91 Å². The van der Waals surface area contributed by atoms with Gasteiger partial charge >= 0.3 is 0 Å². The number of hydrogen-bond donors (Lipinski definition) is 0. The Labute approximate surface area is 147 Å². The molecule has 0 N–H and O–H groups in total. The van der Waals surface area contributed by atoms with Gasteiger partial charge in [0.1, 0.15) is 5.82 Å². The highest BCUT2D eigenvalue weighted by atomic mass is 19.1. The number of amides is 1. The minimum Gasteiger partial charge on any atom is -0.378 e. The van der Waals surface area contributed by atoms with Crippen molar-refractivity contribution < 1.29 is 13.9 Å². The van der Waals surface area contributed by atoms with Crippen LogP contribution in [0.25, 0.3) is 0 Å². The van der Waals surface area contributed by atoms with E-state index in [4.69, 9.17) is 4.74 Å². The molecule has 0 saturated carbocycles. The van der Waals surface area contributed by atoms with Gasteiger partial charge in [-0.2, -0.15) is 0 Å². The summed E-state index contributed by atoms with van der Waals surface area (Å²) in [7, 11) is 1.75. The summed E-state index contributed by atoms with van der Waals surface area (Å²) in [5, 5.41) is 0. The molecule has 1 saturated heterocycles. The van der Waals surface area contributed by atoms with Crippen LogP contribution in [-0.4, -0.2) is 35.5 Å². The smallest absolute Gasteiger partial charge is 0.223 e. The van der Waals surface area contributed by atoms with Crippen molar-refractivity contribution in [2.75, 3.05) is 13.7 Å². The van der Waals surface area contributed by atoms with Gasteiger partial charge < -0.3 is 9.64 Å². The molecule has 25 heavy (non-hydrogen) atoms. The summed E-state index contributed by atoms with van der Waals surface area (Å²) in [6.07, 6.45) is 5.09. The number of pyridine rings is 1. The van der Waals surface area contributed by atoms with Crippen LogP contribution in [0.3, 0.4) is 0 Å². The average molecular weight is 342 g/mol. The first kappa shape index (κ1) is 17.5. The molecule has 1 aromatic carbocycles. The Morgan fingerprint density at radius 1 is 1.36 bits per heavy atom. The number of carbonyl (C=O) groups excluding carboxylic acids is 1. The maximum Gasteiger partial charge on any atom is 0.223 e. The maximum atomic E-state index is 13.7. The minimum absolute atomic E-state index is 0.00964. The van der Waals surface area contributed by atoms with E-state index in [0.29, 0.717) is 12.0 Å². The van der Waals surface area contributed by atoms with Gasteiger partial charge in [0.05, 0.1) is 17.8 Å². The fraction of sp³-hybridized carbons (Fsp3) is 0.400. The highest BCUT2D eigenvalue weighted by molar-refractivity contribution is 5.77. The van der Waals surface area contributed by atoms with Crippen LogP contribution in [0.5, 0.6) is 0 Å². The van der Waals surface area contributed by atoms with Crippen molar-refractivity contribution in [3.8, 4) is 0 Å². The monoisotopic (exact) mass is 342 g/mol. The van der Waals surface area contributed by atoms with Crippen LogP contribution in [0, 0.1) is 5.82 Å². The van der Waals surface area contributed by atoms with E-state index in [0.717, 1.165) is 31.6 Å². The summed E-state index contributed by atoms with van der Waals surface area (Å²) in [6.45, 7) is 0.786. The van der Waals surface area contributed by atoms with E-state index in [1.807, 2.05) is 24.3 Å². The van der Waals surface area contributed by atoms with Crippen molar-refractivity contribution in [1.29, 1.82) is 0 Å². The molecule has 4 nitrogen and oxygen atoms in total. The van der Waals surface area contributed by atoms with Gasteiger partial charge in [-0.05, 0) is 49.1 Å². The lowest BCUT2D eigenvalue weighted by molar-refractivity contribution is -0.132. The van der Waals surface area contributed by atoms with Crippen molar-refractivity contribution in [2.45, 2.75) is 37.8 Å². The standard InChI is InChI=1S/C20H23FN2O2/c1-23(19(24)11-10-17-8-5-13-25-17)20(18-9-2-3-12-22-18)15-6-4-7-16(21)14-15/h2-4,6-7,9,12,14,17,20H,5,8,10-11,13H2,1H3/t17-,20+/m1/s1. The van der Waals surface area contributed by atoms with Gasteiger partial charge in [0.25, 0.3) is 0 Å². The third-order valence-electron chi connectivity index (χ3n) is 4.62. The number of carbonyl (C=O) groups is 1. The summed E-state index contributed by atoms with van der Waals surface area (Å²) in [6, 6.07) is 11.5. The Balaban J connectivity index is 1.79. The number of ether oxygens (including phenoxy) is 1. The molecule has 0 unspecified atom stereocenters. The first-order chi connectivity index (χ1) is 12.1. The molecule has 1 aliphatic heterocycles. The van der Waals surface area contributed by atoms with Gasteiger partial charge in [0.15, 0.2) is 0 Å². The zero-order chi connectivity index (χ0) is 17.6. The number of nitrogens with zero attached hydrogens (tertiary/aromatic N) is 2. The van der Waals surface area contributed by atoms with Crippen LogP contribution < -0.4 is 0 Å². The van der Waals surface area contributed by atoms with Gasteiger partial charge in [-0.25, -0.2) is 4.39 Å². The molecule has 1 aliphatic rings. The third kappa shape index (κ3) is 4.42. The Bertz CT molecular complexity index is 702. The van der Waals surface area contributed by atoms with Crippen LogP contribution in [0.2, 0.25) is 0 Å². The molecule has 0 spiro atoms. The first-order valence-electron chi connectivity index (χ1n) is 8.69. The minimum atomic E-state index is -0.408. The van der Waals surface area contributed by atoms with Crippen LogP contribution in [-0.2, 0) is 9.53 Å². The van der Waals surface area contributed by atoms with Gasteiger partial charge in [-0.1, -0.05) is 18.2 Å². The topological polar surface area (TPSA) is 42.4 Å². The molecule has 0 radical (unpaired) electrons. The number of rotatable bonds is 6. The lowest BCUT2D eigenvalue weighted by atomic mass is 10.0. The van der Waals surface area contributed by atoms with Crippen molar-refractivity contribution in [2.24, 2.45) is 0 Å². The van der Waals surface area contributed by atoms with Gasteiger partial charge in [0, 0.05) is 26.3 Å². The fourth-order valence-corrected chi connectivity index (χ4v) is 3.28. The lowest BCUT2D eigenvalue weighted by Crippen LogP contribution is -2.33. The molecule has 132 valence electrons. The fourth-order valence-electron chi connectivity index (χ4n) is 3.28. The zero-order valence-corrected chi connectivity index (χ0v) is 14.4. The third-order valence-corrected chi connectivity index (χ3v) is 4.62. The van der Waals surface area contributed by atoms with Crippen LogP contribution in [0.4, 0.5) is 4.39 Å². The zero-order valence-electron chi connectivity index (χ0n) is 14.4. The number of halogens is 1. The van der Waals surface area contributed by atoms with Gasteiger partial charge in [-0.15, -0.1) is 0 Å². The Morgan fingerprint density at radius 3 is 2.92 bits per heavy atom. The number of benzene rings is 1. The summed E-state index contributed by atoms with van der Waals surface area (Å²) >= 11 is 0. The molecule has 3 rings (SSSR count). The molecule has 1 aromatic heterocycles. The van der Waals surface area contributed by atoms with Crippen molar-refractivity contribution in [1.82, 2.24) is 9.88 Å². The van der Waals surface area contributed by atoms with Gasteiger partial charge in [0.2, 0.25) is 5.91 Å². The highest BCUT2D eigenvalue weighted by Crippen LogP contribution is 2.28. The van der Waals surface area contributed by atoms with Gasteiger partial charge in [-0.3, -0.25) is 9.78 Å². The molecule has 2 heterocycles. The van der Waals surface area contributed by atoms with E-state index < -0.39 is 6.04 Å². The average Bonchev–Trinajstić information content (AvgIpc) is 3.14. The van der Waals surface area contributed by atoms with Crippen molar-refractivity contribution in [3.05, 3.63) is 65.7 Å². The lowest BCUT2D eigenvalue weighted by Gasteiger charge is -2.28. The molecule has 5 heteroatoms. The predicted molar refractivity (Wildman–Crippen MR) is 93.5 cm³/mol. The van der Waals surface area contributed by atoms with E-state index in [2.05, 4.69) is 4.98 Å². The van der Waals surface area contributed by atoms with E-state index in [1.54, 1.807) is 24.2 Å². The second kappa shape index (κ2) is 8.21. The molecule has 0 bridgehead atoms. The molecule has 2 aromatic rings. The summed E-state index contributed by atoms with van der Waals surface area (Å²) in [5.41, 5.74) is 1.44. The molecule has 1 amide bonds. The molecule has 2 atom stereocenters. The quantitative estimate of drug-likeness (QED) is 0.803.